The predicted octanol–water partition coefficient (Wildman–Crippen LogP) is 4.56. The maximum Gasteiger partial charge on any atom is 0.228 e. The summed E-state index contributed by atoms with van der Waals surface area (Å²) in [5, 5.41) is 3.97. The molecule has 146 valence electrons. The van der Waals surface area contributed by atoms with Crippen molar-refractivity contribution in [1.29, 1.82) is 0 Å². The summed E-state index contributed by atoms with van der Waals surface area (Å²) in [6.45, 7) is 0. The highest BCUT2D eigenvalue weighted by Crippen LogP contribution is 2.30. The minimum atomic E-state index is -0.0958. The van der Waals surface area contributed by atoms with E-state index in [2.05, 4.69) is 10.3 Å². The van der Waals surface area contributed by atoms with Gasteiger partial charge in [-0.1, -0.05) is 30.3 Å². The van der Waals surface area contributed by atoms with Gasteiger partial charge in [-0.3, -0.25) is 4.79 Å². The molecule has 1 N–H and O–H groups in total. The fraction of sp³-hybridized carbons (Fsp3) is 0.130. The van der Waals surface area contributed by atoms with E-state index in [9.17, 15) is 4.79 Å². The van der Waals surface area contributed by atoms with Crippen molar-refractivity contribution in [3.8, 4) is 17.4 Å². The number of pyridine rings is 1. The molecule has 2 heterocycles. The molecule has 0 aliphatic heterocycles. The third-order valence-corrected chi connectivity index (χ3v) is 4.63. The van der Waals surface area contributed by atoms with Crippen LogP contribution in [0, 0.1) is 0 Å². The van der Waals surface area contributed by atoms with Gasteiger partial charge in [0, 0.05) is 30.2 Å². The van der Waals surface area contributed by atoms with Crippen LogP contribution in [0.15, 0.2) is 73.1 Å². The predicted molar refractivity (Wildman–Crippen MR) is 113 cm³/mol. The Kier molecular flexibility index (Phi) is 5.16. The van der Waals surface area contributed by atoms with Gasteiger partial charge >= 0.3 is 0 Å². The molecule has 6 nitrogen and oxygen atoms in total. The first-order chi connectivity index (χ1) is 14.1. The molecule has 6 heteroatoms. The number of nitrogens with zero attached hydrogens (tertiary/aromatic N) is 2. The molecule has 29 heavy (non-hydrogen) atoms. The largest absolute Gasteiger partial charge is 0.493 e. The lowest BCUT2D eigenvalue weighted by Crippen LogP contribution is -2.14. The van der Waals surface area contributed by atoms with E-state index in [4.69, 9.17) is 9.47 Å². The summed E-state index contributed by atoms with van der Waals surface area (Å²) in [5.74, 6) is 1.53. The highest BCUT2D eigenvalue weighted by molar-refractivity contribution is 5.95. The van der Waals surface area contributed by atoms with Gasteiger partial charge < -0.3 is 19.4 Å². The number of amides is 1. The molecule has 0 spiro atoms. The van der Waals surface area contributed by atoms with Crippen LogP contribution in [0.2, 0.25) is 0 Å². The number of rotatable bonds is 6. The van der Waals surface area contributed by atoms with E-state index >= 15 is 0 Å². The summed E-state index contributed by atoms with van der Waals surface area (Å²) >= 11 is 0. The Balaban J connectivity index is 1.42. The molecule has 2 aromatic carbocycles. The zero-order valence-corrected chi connectivity index (χ0v) is 16.3. The van der Waals surface area contributed by atoms with Crippen molar-refractivity contribution >= 4 is 22.5 Å². The summed E-state index contributed by atoms with van der Waals surface area (Å²) in [5.41, 5.74) is 2.71. The van der Waals surface area contributed by atoms with Crippen molar-refractivity contribution in [3.63, 3.8) is 0 Å². The number of carbonyl (C=O) groups is 1. The number of methoxy groups -OCH3 is 1. The molecular formula is C23H21N3O3. The number of fused-ring (bicyclic) bond motifs is 1. The van der Waals surface area contributed by atoms with E-state index < -0.39 is 0 Å². The Bertz CT molecular complexity index is 1150. The lowest BCUT2D eigenvalue weighted by Gasteiger charge is -2.10. The summed E-state index contributed by atoms with van der Waals surface area (Å²) < 4.78 is 13.1. The van der Waals surface area contributed by atoms with E-state index in [1.807, 2.05) is 60.3 Å². The number of aromatic nitrogens is 2. The summed E-state index contributed by atoms with van der Waals surface area (Å²) in [7, 11) is 3.57. The van der Waals surface area contributed by atoms with Crippen LogP contribution in [-0.2, 0) is 18.3 Å². The van der Waals surface area contributed by atoms with E-state index in [0.717, 1.165) is 16.5 Å². The number of anilines is 1. The SMILES string of the molecule is COc1ccccc1Oc1ccc(NC(=O)Cc2cn(C)c3ccccc23)cn1. The minimum Gasteiger partial charge on any atom is -0.493 e. The van der Waals surface area contributed by atoms with Crippen LogP contribution >= 0.6 is 0 Å². The Morgan fingerprint density at radius 1 is 1.03 bits per heavy atom. The number of hydrogen-bond acceptors (Lipinski definition) is 4. The number of carbonyl (C=O) groups excluding carboxylic acids is 1. The molecule has 0 fully saturated rings. The third-order valence-electron chi connectivity index (χ3n) is 4.63. The molecule has 0 bridgehead atoms. The number of ether oxygens (including phenoxy) is 2. The first-order valence-corrected chi connectivity index (χ1v) is 9.24. The lowest BCUT2D eigenvalue weighted by atomic mass is 10.1. The number of nitrogens with one attached hydrogen (secondary N) is 1. The van der Waals surface area contributed by atoms with Crippen LogP contribution < -0.4 is 14.8 Å². The van der Waals surface area contributed by atoms with E-state index in [-0.39, 0.29) is 5.91 Å². The summed E-state index contributed by atoms with van der Waals surface area (Å²) in [4.78, 5) is 16.8. The summed E-state index contributed by atoms with van der Waals surface area (Å²) in [6.07, 6.45) is 3.86. The van der Waals surface area contributed by atoms with Crippen molar-refractivity contribution in [2.75, 3.05) is 12.4 Å². The Hall–Kier alpha value is -3.80. The fourth-order valence-electron chi connectivity index (χ4n) is 3.27. The van der Waals surface area contributed by atoms with Crippen LogP contribution in [0.1, 0.15) is 5.56 Å². The van der Waals surface area contributed by atoms with Crippen molar-refractivity contribution in [1.82, 2.24) is 9.55 Å². The monoisotopic (exact) mass is 387 g/mol. The number of benzene rings is 2. The van der Waals surface area contributed by atoms with Gasteiger partial charge in [0.15, 0.2) is 11.5 Å². The van der Waals surface area contributed by atoms with Crippen molar-refractivity contribution in [2.45, 2.75) is 6.42 Å². The third kappa shape index (κ3) is 4.06. The van der Waals surface area contributed by atoms with Crippen molar-refractivity contribution in [2.24, 2.45) is 7.05 Å². The first-order valence-electron chi connectivity index (χ1n) is 9.24. The maximum atomic E-state index is 12.5. The second-order valence-corrected chi connectivity index (χ2v) is 6.65. The van der Waals surface area contributed by atoms with Crippen molar-refractivity contribution in [3.05, 3.63) is 78.6 Å². The van der Waals surface area contributed by atoms with E-state index in [0.29, 0.717) is 29.5 Å². The number of aryl methyl sites for hydroxylation is 1. The average molecular weight is 387 g/mol. The first kappa shape index (κ1) is 18.6. The summed E-state index contributed by atoms with van der Waals surface area (Å²) in [6, 6.07) is 18.9. The molecule has 0 atom stereocenters. The van der Waals surface area contributed by atoms with Gasteiger partial charge in [-0.2, -0.15) is 0 Å². The molecule has 4 rings (SSSR count). The van der Waals surface area contributed by atoms with Gasteiger partial charge in [-0.15, -0.1) is 0 Å². The fourth-order valence-corrected chi connectivity index (χ4v) is 3.27. The zero-order chi connectivity index (χ0) is 20.2. The van der Waals surface area contributed by atoms with Gasteiger partial charge in [0.25, 0.3) is 0 Å². The Labute approximate surface area is 168 Å². The number of para-hydroxylation sites is 3. The maximum absolute atomic E-state index is 12.5. The van der Waals surface area contributed by atoms with Gasteiger partial charge in [-0.25, -0.2) is 4.98 Å². The van der Waals surface area contributed by atoms with Crippen LogP contribution in [0.25, 0.3) is 10.9 Å². The molecule has 0 saturated carbocycles. The van der Waals surface area contributed by atoms with E-state index in [1.54, 1.807) is 31.5 Å². The molecule has 0 aliphatic rings. The zero-order valence-electron chi connectivity index (χ0n) is 16.3. The normalized spacial score (nSPS) is 10.7. The quantitative estimate of drug-likeness (QED) is 0.527. The van der Waals surface area contributed by atoms with Crippen LogP contribution in [-0.4, -0.2) is 22.6 Å². The highest BCUT2D eigenvalue weighted by Gasteiger charge is 2.11. The lowest BCUT2D eigenvalue weighted by molar-refractivity contribution is -0.115. The Morgan fingerprint density at radius 2 is 1.79 bits per heavy atom. The molecule has 0 unspecified atom stereocenters. The Morgan fingerprint density at radius 3 is 2.55 bits per heavy atom. The number of hydrogen-bond donors (Lipinski definition) is 1. The van der Waals surface area contributed by atoms with Gasteiger partial charge in [0.05, 0.1) is 25.4 Å². The van der Waals surface area contributed by atoms with Crippen LogP contribution in [0.3, 0.4) is 0 Å². The highest BCUT2D eigenvalue weighted by atomic mass is 16.5. The van der Waals surface area contributed by atoms with Gasteiger partial charge in [0.2, 0.25) is 11.8 Å². The molecule has 4 aromatic rings. The molecule has 0 saturated heterocycles. The van der Waals surface area contributed by atoms with Crippen molar-refractivity contribution < 1.29 is 14.3 Å². The molecular weight excluding hydrogens is 366 g/mol. The minimum absolute atomic E-state index is 0.0958. The van der Waals surface area contributed by atoms with Gasteiger partial charge in [-0.05, 0) is 29.8 Å². The topological polar surface area (TPSA) is 65.4 Å². The smallest absolute Gasteiger partial charge is 0.228 e. The van der Waals surface area contributed by atoms with Crippen LogP contribution in [0.5, 0.6) is 17.4 Å². The molecule has 2 aromatic heterocycles. The van der Waals surface area contributed by atoms with Crippen LogP contribution in [0.4, 0.5) is 5.69 Å². The second kappa shape index (κ2) is 8.06. The molecule has 0 aliphatic carbocycles. The molecule has 1 amide bonds. The molecule has 0 radical (unpaired) electrons. The second-order valence-electron chi connectivity index (χ2n) is 6.65. The standard InChI is InChI=1S/C23H21N3O3/c1-26-15-16(18-7-3-4-8-19(18)26)13-22(27)25-17-11-12-23(24-14-17)29-21-10-6-5-9-20(21)28-2/h3-12,14-15H,13H2,1-2H3,(H,25,27). The van der Waals surface area contributed by atoms with E-state index in [1.165, 1.54) is 0 Å². The average Bonchev–Trinajstić information content (AvgIpc) is 3.05. The van der Waals surface area contributed by atoms with Gasteiger partial charge in [0.1, 0.15) is 0 Å².